The van der Waals surface area contributed by atoms with E-state index in [1.807, 2.05) is 65.3 Å². The molecule has 0 bridgehead atoms. The molecule has 0 saturated carbocycles. The Hall–Kier alpha value is -3.07. The SMILES string of the molecule is CN(C)CCc1cn(C(=O)C(CCCCNC(=O)OC(C)(C)C)NC(=O)OC(C)(C)C)c2ccccc12. The van der Waals surface area contributed by atoms with E-state index in [1.54, 1.807) is 25.3 Å². The number of nitrogens with zero attached hydrogens (tertiary/aromatic N) is 2. The quantitative estimate of drug-likeness (QED) is 0.432. The molecule has 0 aliphatic carbocycles. The molecule has 1 aromatic heterocycles. The Morgan fingerprint density at radius 2 is 1.57 bits per heavy atom. The Morgan fingerprint density at radius 3 is 2.19 bits per heavy atom. The number of likely N-dealkylation sites (N-methyl/N-ethyl adjacent to an activating group) is 1. The first-order chi connectivity index (χ1) is 17.2. The second kappa shape index (κ2) is 12.9. The van der Waals surface area contributed by atoms with Crippen molar-refractivity contribution < 1.29 is 23.9 Å². The first-order valence-corrected chi connectivity index (χ1v) is 12.9. The summed E-state index contributed by atoms with van der Waals surface area (Å²) < 4.78 is 12.3. The minimum Gasteiger partial charge on any atom is -0.444 e. The van der Waals surface area contributed by atoms with E-state index >= 15 is 0 Å². The van der Waals surface area contributed by atoms with E-state index in [-0.39, 0.29) is 5.91 Å². The van der Waals surface area contributed by atoms with Crippen LogP contribution in [-0.2, 0) is 15.9 Å². The molecule has 2 N–H and O–H groups in total. The molecular weight excluding hydrogens is 472 g/mol. The number of unbranched alkanes of at least 4 members (excludes halogenated alkanes) is 1. The number of hydrogen-bond acceptors (Lipinski definition) is 6. The summed E-state index contributed by atoms with van der Waals surface area (Å²) in [6.45, 7) is 12.0. The third-order valence-electron chi connectivity index (χ3n) is 5.44. The van der Waals surface area contributed by atoms with Crippen LogP contribution in [0, 0.1) is 0 Å². The van der Waals surface area contributed by atoms with Crippen LogP contribution in [0.15, 0.2) is 30.5 Å². The molecule has 9 heteroatoms. The summed E-state index contributed by atoms with van der Waals surface area (Å²) in [6.07, 6.45) is 3.19. The molecule has 0 spiro atoms. The van der Waals surface area contributed by atoms with Crippen LogP contribution in [0.5, 0.6) is 0 Å². The third kappa shape index (κ3) is 10.4. The highest BCUT2D eigenvalue weighted by molar-refractivity contribution is 5.97. The number of amides is 2. The molecule has 0 radical (unpaired) electrons. The Morgan fingerprint density at radius 1 is 0.946 bits per heavy atom. The molecular formula is C28H44N4O5. The highest BCUT2D eigenvalue weighted by Crippen LogP contribution is 2.23. The van der Waals surface area contributed by atoms with Gasteiger partial charge in [0.15, 0.2) is 0 Å². The zero-order chi connectivity index (χ0) is 27.8. The molecule has 9 nitrogen and oxygen atoms in total. The predicted molar refractivity (Wildman–Crippen MR) is 146 cm³/mol. The van der Waals surface area contributed by atoms with Crippen LogP contribution < -0.4 is 10.6 Å². The molecule has 1 unspecified atom stereocenters. The largest absolute Gasteiger partial charge is 0.444 e. The number of para-hydroxylation sites is 1. The third-order valence-corrected chi connectivity index (χ3v) is 5.44. The topological polar surface area (TPSA) is 102 Å². The molecule has 2 amide bonds. The van der Waals surface area contributed by atoms with Crippen LogP contribution in [0.2, 0.25) is 0 Å². The maximum absolute atomic E-state index is 13.7. The lowest BCUT2D eigenvalue weighted by Gasteiger charge is -2.23. The van der Waals surface area contributed by atoms with Gasteiger partial charge in [-0.15, -0.1) is 0 Å². The average Bonchev–Trinajstić information content (AvgIpc) is 3.12. The van der Waals surface area contributed by atoms with Gasteiger partial charge in [-0.1, -0.05) is 18.2 Å². The Balaban J connectivity index is 2.16. The molecule has 0 fully saturated rings. The van der Waals surface area contributed by atoms with Gasteiger partial charge in [0.25, 0.3) is 5.91 Å². The van der Waals surface area contributed by atoms with Gasteiger partial charge in [0.1, 0.15) is 17.2 Å². The number of nitrogens with one attached hydrogen (secondary N) is 2. The fourth-order valence-electron chi connectivity index (χ4n) is 3.83. The highest BCUT2D eigenvalue weighted by atomic mass is 16.6. The van der Waals surface area contributed by atoms with Crippen molar-refractivity contribution >= 4 is 29.0 Å². The van der Waals surface area contributed by atoms with Gasteiger partial charge in [-0.25, -0.2) is 9.59 Å². The first-order valence-electron chi connectivity index (χ1n) is 12.9. The Kier molecular flexibility index (Phi) is 10.5. The molecule has 1 heterocycles. The van der Waals surface area contributed by atoms with Crippen molar-refractivity contribution in [2.45, 2.75) is 84.5 Å². The van der Waals surface area contributed by atoms with E-state index in [0.717, 1.165) is 29.4 Å². The summed E-state index contributed by atoms with van der Waals surface area (Å²) in [4.78, 5) is 40.3. The van der Waals surface area contributed by atoms with Gasteiger partial charge in [0.05, 0.1) is 5.52 Å². The van der Waals surface area contributed by atoms with Gasteiger partial charge in [-0.3, -0.25) is 9.36 Å². The van der Waals surface area contributed by atoms with Crippen molar-refractivity contribution in [1.82, 2.24) is 20.1 Å². The van der Waals surface area contributed by atoms with Crippen molar-refractivity contribution in [2.75, 3.05) is 27.2 Å². The molecule has 2 rings (SSSR count). The minimum absolute atomic E-state index is 0.224. The standard InChI is InChI=1S/C28H44N4O5/c1-27(2,3)36-25(34)29-17-12-11-14-22(30-26(35)37-28(4,5)6)24(33)32-19-20(16-18-31(7)8)21-13-9-10-15-23(21)32/h9-10,13,15,19,22H,11-12,14,16-18H2,1-8H3,(H,29,34)(H,30,35). The smallest absolute Gasteiger partial charge is 0.408 e. The Bertz CT molecular complexity index is 1060. The summed E-state index contributed by atoms with van der Waals surface area (Å²) in [6, 6.07) is 7.02. The van der Waals surface area contributed by atoms with Gasteiger partial charge < -0.3 is 25.0 Å². The molecule has 0 aliphatic rings. The Labute approximate surface area is 220 Å². The summed E-state index contributed by atoms with van der Waals surface area (Å²) in [5, 5.41) is 6.53. The summed E-state index contributed by atoms with van der Waals surface area (Å²) >= 11 is 0. The van der Waals surface area contributed by atoms with Crippen molar-refractivity contribution in [2.24, 2.45) is 0 Å². The molecule has 0 aliphatic heterocycles. The van der Waals surface area contributed by atoms with Crippen LogP contribution in [0.25, 0.3) is 10.9 Å². The van der Waals surface area contributed by atoms with Gasteiger partial charge in [0.2, 0.25) is 0 Å². The van der Waals surface area contributed by atoms with Crippen LogP contribution >= 0.6 is 0 Å². The maximum atomic E-state index is 13.7. The monoisotopic (exact) mass is 516 g/mol. The van der Waals surface area contributed by atoms with Crippen molar-refractivity contribution in [3.63, 3.8) is 0 Å². The minimum atomic E-state index is -0.783. The lowest BCUT2D eigenvalue weighted by Crippen LogP contribution is -2.45. The zero-order valence-electron chi connectivity index (χ0n) is 23.6. The number of carbonyl (C=O) groups excluding carboxylic acids is 3. The van der Waals surface area contributed by atoms with Gasteiger partial charge >= 0.3 is 12.2 Å². The average molecular weight is 517 g/mol. The van der Waals surface area contributed by atoms with E-state index in [4.69, 9.17) is 9.47 Å². The number of ether oxygens (including phenoxy) is 2. The fraction of sp³-hybridized carbons (Fsp3) is 0.607. The highest BCUT2D eigenvalue weighted by Gasteiger charge is 2.27. The number of benzene rings is 1. The van der Waals surface area contributed by atoms with Gasteiger partial charge in [-0.05, 0) is 93.0 Å². The van der Waals surface area contributed by atoms with Gasteiger partial charge in [-0.2, -0.15) is 0 Å². The maximum Gasteiger partial charge on any atom is 0.408 e. The number of aromatic nitrogens is 1. The predicted octanol–water partition coefficient (Wildman–Crippen LogP) is 4.97. The van der Waals surface area contributed by atoms with Crippen LogP contribution in [-0.4, -0.2) is 72.0 Å². The lowest BCUT2D eigenvalue weighted by molar-refractivity contribution is 0.0479. The second-order valence-electron chi connectivity index (χ2n) is 11.6. The van der Waals surface area contributed by atoms with E-state index in [1.165, 1.54) is 0 Å². The summed E-state index contributed by atoms with van der Waals surface area (Å²) in [5.41, 5.74) is 0.636. The molecule has 0 saturated heterocycles. The van der Waals surface area contributed by atoms with Crippen molar-refractivity contribution in [1.29, 1.82) is 0 Å². The van der Waals surface area contributed by atoms with Gasteiger partial charge in [0, 0.05) is 24.7 Å². The summed E-state index contributed by atoms with van der Waals surface area (Å²) in [5.74, 6) is -0.224. The van der Waals surface area contributed by atoms with E-state index in [0.29, 0.717) is 25.8 Å². The van der Waals surface area contributed by atoms with Crippen LogP contribution in [0.1, 0.15) is 71.2 Å². The fourth-order valence-corrected chi connectivity index (χ4v) is 3.83. The summed E-state index contributed by atoms with van der Waals surface area (Å²) in [7, 11) is 4.03. The van der Waals surface area contributed by atoms with E-state index in [9.17, 15) is 14.4 Å². The second-order valence-corrected chi connectivity index (χ2v) is 11.6. The molecule has 2 aromatic rings. The molecule has 206 valence electrons. The normalized spacial score (nSPS) is 12.9. The zero-order valence-corrected chi connectivity index (χ0v) is 23.6. The molecule has 1 aromatic carbocycles. The molecule has 37 heavy (non-hydrogen) atoms. The lowest BCUT2D eigenvalue weighted by atomic mass is 10.1. The number of hydrogen-bond donors (Lipinski definition) is 2. The van der Waals surface area contributed by atoms with E-state index < -0.39 is 29.4 Å². The van der Waals surface area contributed by atoms with Crippen LogP contribution in [0.3, 0.4) is 0 Å². The number of alkyl carbamates (subject to hydrolysis) is 2. The molecule has 1 atom stereocenters. The number of fused-ring (bicyclic) bond motifs is 1. The number of carbonyl (C=O) groups is 3. The van der Waals surface area contributed by atoms with Crippen molar-refractivity contribution in [3.05, 3.63) is 36.0 Å². The number of rotatable bonds is 10. The first kappa shape index (κ1) is 30.2. The van der Waals surface area contributed by atoms with Crippen molar-refractivity contribution in [3.8, 4) is 0 Å². The van der Waals surface area contributed by atoms with E-state index in [2.05, 4.69) is 15.5 Å². The van der Waals surface area contributed by atoms with Crippen LogP contribution in [0.4, 0.5) is 9.59 Å².